The molecule has 4 N–H and O–H groups in total. The van der Waals surface area contributed by atoms with Crippen LogP contribution in [-0.4, -0.2) is 54.7 Å². The van der Waals surface area contributed by atoms with Crippen molar-refractivity contribution in [2.45, 2.75) is 38.3 Å². The van der Waals surface area contributed by atoms with Gasteiger partial charge in [-0.25, -0.2) is 4.79 Å². The molecule has 0 aliphatic heterocycles. The zero-order chi connectivity index (χ0) is 16.4. The minimum Gasteiger partial charge on any atom is -0.481 e. The number of carbonyl (C=O) groups excluding carboxylic acids is 3. The van der Waals surface area contributed by atoms with E-state index in [2.05, 4.69) is 10.1 Å². The number of amides is 1. The summed E-state index contributed by atoms with van der Waals surface area (Å²) in [5.41, 5.74) is 5.36. The van der Waals surface area contributed by atoms with E-state index in [0.29, 0.717) is 6.42 Å². The van der Waals surface area contributed by atoms with Crippen molar-refractivity contribution in [2.24, 2.45) is 5.73 Å². The van der Waals surface area contributed by atoms with E-state index in [1.165, 1.54) is 0 Å². The number of nitrogens with one attached hydrogen (secondary N) is 1. The normalized spacial score (nSPS) is 12.9. The number of esters is 2. The molecule has 2 atom stereocenters. The minimum atomic E-state index is -1.32. The molecule has 0 bridgehead atoms. The monoisotopic (exact) mass is 304 g/mol. The lowest BCUT2D eigenvalue weighted by molar-refractivity contribution is -0.152. The van der Waals surface area contributed by atoms with Gasteiger partial charge in [-0.3, -0.25) is 14.4 Å². The molecule has 0 spiro atoms. The van der Waals surface area contributed by atoms with Gasteiger partial charge in [-0.2, -0.15) is 0 Å². The molecular weight excluding hydrogens is 284 g/mol. The van der Waals surface area contributed by atoms with Gasteiger partial charge < -0.3 is 25.6 Å². The van der Waals surface area contributed by atoms with Gasteiger partial charge in [0.05, 0.1) is 19.6 Å². The van der Waals surface area contributed by atoms with Gasteiger partial charge in [0.2, 0.25) is 5.91 Å². The lowest BCUT2D eigenvalue weighted by atomic mass is 10.2. The summed E-state index contributed by atoms with van der Waals surface area (Å²) < 4.78 is 9.28. The molecule has 9 heteroatoms. The number of carboxylic acid groups (broad SMARTS) is 1. The molecule has 1 amide bonds. The highest BCUT2D eigenvalue weighted by atomic mass is 16.5. The zero-order valence-corrected chi connectivity index (χ0v) is 12.0. The third-order valence-electron chi connectivity index (χ3n) is 2.40. The summed E-state index contributed by atoms with van der Waals surface area (Å²) in [6, 6.07) is -2.55. The van der Waals surface area contributed by atoms with Gasteiger partial charge in [-0.1, -0.05) is 6.92 Å². The summed E-state index contributed by atoms with van der Waals surface area (Å²) in [5.74, 6) is -3.44. The van der Waals surface area contributed by atoms with Crippen molar-refractivity contribution in [2.75, 3.05) is 13.7 Å². The molecule has 0 heterocycles. The van der Waals surface area contributed by atoms with Crippen molar-refractivity contribution in [3.63, 3.8) is 0 Å². The Kier molecular flexibility index (Phi) is 8.70. The number of nitrogens with two attached hydrogens (primary N) is 1. The molecule has 0 saturated heterocycles. The number of carboxylic acids is 1. The molecule has 0 unspecified atom stereocenters. The van der Waals surface area contributed by atoms with Crippen molar-refractivity contribution >= 4 is 23.8 Å². The first-order valence-corrected chi connectivity index (χ1v) is 6.33. The first-order valence-electron chi connectivity index (χ1n) is 6.33. The van der Waals surface area contributed by atoms with Crippen LogP contribution in [-0.2, 0) is 28.7 Å². The number of rotatable bonds is 9. The lowest BCUT2D eigenvalue weighted by Gasteiger charge is -2.18. The van der Waals surface area contributed by atoms with E-state index in [0.717, 1.165) is 7.11 Å². The average molecular weight is 304 g/mol. The predicted octanol–water partition coefficient (Wildman–Crippen LogP) is -1.21. The summed E-state index contributed by atoms with van der Waals surface area (Å²) in [4.78, 5) is 44.8. The van der Waals surface area contributed by atoms with E-state index in [1.807, 2.05) is 0 Å². The van der Waals surface area contributed by atoms with Crippen LogP contribution >= 0.6 is 0 Å². The SMILES string of the molecule is CCCC(=O)OC[C@@H](NC(=O)[C@H](N)CC(=O)O)C(=O)OC. The summed E-state index contributed by atoms with van der Waals surface area (Å²) in [5, 5.41) is 10.7. The molecule has 0 aliphatic carbocycles. The molecule has 0 saturated carbocycles. The van der Waals surface area contributed by atoms with Gasteiger partial charge in [-0.05, 0) is 6.42 Å². The number of carbonyl (C=O) groups is 4. The molecule has 0 radical (unpaired) electrons. The van der Waals surface area contributed by atoms with Crippen molar-refractivity contribution in [3.05, 3.63) is 0 Å². The Bertz CT molecular complexity index is 397. The van der Waals surface area contributed by atoms with Crippen LogP contribution in [0.2, 0.25) is 0 Å². The summed E-state index contributed by atoms with van der Waals surface area (Å²) >= 11 is 0. The molecule has 9 nitrogen and oxygen atoms in total. The number of methoxy groups -OCH3 is 1. The van der Waals surface area contributed by atoms with E-state index in [1.54, 1.807) is 6.92 Å². The van der Waals surface area contributed by atoms with E-state index in [4.69, 9.17) is 15.6 Å². The van der Waals surface area contributed by atoms with Crippen molar-refractivity contribution in [1.29, 1.82) is 0 Å². The fourth-order valence-corrected chi connectivity index (χ4v) is 1.32. The Balaban J connectivity index is 4.55. The third-order valence-corrected chi connectivity index (χ3v) is 2.40. The second-order valence-electron chi connectivity index (χ2n) is 4.22. The van der Waals surface area contributed by atoms with Gasteiger partial charge in [0.1, 0.15) is 6.61 Å². The molecule has 120 valence electrons. The number of hydrogen-bond acceptors (Lipinski definition) is 7. The Hall–Kier alpha value is -2.16. The van der Waals surface area contributed by atoms with E-state index in [9.17, 15) is 19.2 Å². The maximum Gasteiger partial charge on any atom is 0.331 e. The molecule has 0 aliphatic rings. The minimum absolute atomic E-state index is 0.181. The van der Waals surface area contributed by atoms with Crippen molar-refractivity contribution in [3.8, 4) is 0 Å². The topological polar surface area (TPSA) is 145 Å². The van der Waals surface area contributed by atoms with E-state index < -0.39 is 48.9 Å². The van der Waals surface area contributed by atoms with Crippen molar-refractivity contribution in [1.82, 2.24) is 5.32 Å². The molecule has 21 heavy (non-hydrogen) atoms. The quantitative estimate of drug-likeness (QED) is 0.450. The van der Waals surface area contributed by atoms with Gasteiger partial charge >= 0.3 is 17.9 Å². The second-order valence-corrected chi connectivity index (χ2v) is 4.22. The smallest absolute Gasteiger partial charge is 0.331 e. The van der Waals surface area contributed by atoms with Crippen LogP contribution in [0.4, 0.5) is 0 Å². The highest BCUT2D eigenvalue weighted by molar-refractivity contribution is 5.89. The Morgan fingerprint density at radius 1 is 1.29 bits per heavy atom. The lowest BCUT2D eigenvalue weighted by Crippen LogP contribution is -2.51. The van der Waals surface area contributed by atoms with E-state index in [-0.39, 0.29) is 6.42 Å². The Morgan fingerprint density at radius 3 is 2.38 bits per heavy atom. The highest BCUT2D eigenvalue weighted by Crippen LogP contribution is 1.97. The second kappa shape index (κ2) is 9.70. The fourth-order valence-electron chi connectivity index (χ4n) is 1.32. The standard InChI is InChI=1S/C12H20N2O7/c1-3-4-10(17)21-6-8(12(19)20-2)14-11(18)7(13)5-9(15)16/h7-8H,3-6,13H2,1-2H3,(H,14,18)(H,15,16)/t7-,8-/m1/s1. The first-order chi connectivity index (χ1) is 9.81. The van der Waals surface area contributed by atoms with Crippen molar-refractivity contribution < 1.29 is 33.8 Å². The first kappa shape index (κ1) is 18.8. The maximum absolute atomic E-state index is 11.6. The third kappa shape index (κ3) is 7.88. The molecule has 0 rings (SSSR count). The molecule has 0 aromatic heterocycles. The molecule has 0 aromatic rings. The number of aliphatic carboxylic acids is 1. The maximum atomic E-state index is 11.6. The van der Waals surface area contributed by atoms with Gasteiger partial charge in [0.15, 0.2) is 6.04 Å². The van der Waals surface area contributed by atoms with Crippen LogP contribution in [0, 0.1) is 0 Å². The van der Waals surface area contributed by atoms with Crippen LogP contribution in [0.1, 0.15) is 26.2 Å². The number of hydrogen-bond donors (Lipinski definition) is 3. The molecule has 0 aromatic carbocycles. The Morgan fingerprint density at radius 2 is 1.90 bits per heavy atom. The van der Waals surface area contributed by atoms with Crippen LogP contribution in [0.5, 0.6) is 0 Å². The summed E-state index contributed by atoms with van der Waals surface area (Å²) in [6.07, 6.45) is 0.174. The summed E-state index contributed by atoms with van der Waals surface area (Å²) in [6.45, 7) is 1.38. The van der Waals surface area contributed by atoms with Crippen LogP contribution in [0.3, 0.4) is 0 Å². The highest BCUT2D eigenvalue weighted by Gasteiger charge is 2.26. The summed E-state index contributed by atoms with van der Waals surface area (Å²) in [7, 11) is 1.10. The van der Waals surface area contributed by atoms with E-state index >= 15 is 0 Å². The van der Waals surface area contributed by atoms with Gasteiger partial charge in [0.25, 0.3) is 0 Å². The molecular formula is C12H20N2O7. The van der Waals surface area contributed by atoms with Crippen LogP contribution in [0.15, 0.2) is 0 Å². The Labute approximate surface area is 121 Å². The molecule has 0 fully saturated rings. The predicted molar refractivity (Wildman–Crippen MR) is 70.0 cm³/mol. The largest absolute Gasteiger partial charge is 0.481 e. The number of ether oxygens (including phenoxy) is 2. The zero-order valence-electron chi connectivity index (χ0n) is 12.0. The fraction of sp³-hybridized carbons (Fsp3) is 0.667. The van der Waals surface area contributed by atoms with Crippen LogP contribution in [0.25, 0.3) is 0 Å². The van der Waals surface area contributed by atoms with Gasteiger partial charge in [0, 0.05) is 6.42 Å². The van der Waals surface area contributed by atoms with Crippen LogP contribution < -0.4 is 11.1 Å². The van der Waals surface area contributed by atoms with Gasteiger partial charge in [-0.15, -0.1) is 0 Å². The average Bonchev–Trinajstić information content (AvgIpc) is 2.41.